The maximum absolute atomic E-state index is 11.1. The molecule has 2 N–H and O–H groups in total. The zero-order chi connectivity index (χ0) is 12.9. The van der Waals surface area contributed by atoms with Crippen LogP contribution in [0, 0.1) is 0 Å². The van der Waals surface area contributed by atoms with Crippen LogP contribution in [0.3, 0.4) is 0 Å². The van der Waals surface area contributed by atoms with Crippen LogP contribution in [-0.4, -0.2) is 37.6 Å². The third kappa shape index (κ3) is 6.83. The molecule has 0 aromatic carbocycles. The van der Waals surface area contributed by atoms with Gasteiger partial charge in [-0.2, -0.15) is 0 Å². The monoisotopic (exact) mass is 278 g/mol. The van der Waals surface area contributed by atoms with E-state index in [-0.39, 0.29) is 11.8 Å². The molecule has 6 heteroatoms. The zero-order valence-corrected chi connectivity index (χ0v) is 12.2. The normalized spacial score (nSPS) is 19.6. The number of sulfone groups is 1. The number of nitrogens with one attached hydrogen (secondary N) is 2. The maximum Gasteiger partial charge on any atom is 0.166 e. The molecule has 0 aromatic rings. The average Bonchev–Trinajstić information content (AvgIpc) is 2.15. The maximum atomic E-state index is 11.1. The smallest absolute Gasteiger partial charge is 0.166 e. The third-order valence-electron chi connectivity index (χ3n) is 2.87. The molecule has 100 valence electrons. The largest absolute Gasteiger partial charge is 0.360 e. The SMILES string of the molecule is CC(CS(C)(=O)=O)NC(=S)NC1CCCCC1. The quantitative estimate of drug-likeness (QED) is 0.757. The summed E-state index contributed by atoms with van der Waals surface area (Å²) in [5, 5.41) is 6.86. The van der Waals surface area contributed by atoms with Crippen molar-refractivity contribution in [3.63, 3.8) is 0 Å². The first kappa shape index (κ1) is 14.7. The lowest BCUT2D eigenvalue weighted by Crippen LogP contribution is -2.47. The molecule has 1 fully saturated rings. The zero-order valence-electron chi connectivity index (χ0n) is 10.5. The molecule has 17 heavy (non-hydrogen) atoms. The van der Waals surface area contributed by atoms with Crippen molar-refractivity contribution in [1.82, 2.24) is 10.6 Å². The molecule has 0 heterocycles. The molecule has 1 rings (SSSR count). The van der Waals surface area contributed by atoms with Crippen LogP contribution in [-0.2, 0) is 9.84 Å². The topological polar surface area (TPSA) is 58.2 Å². The Morgan fingerprint density at radius 3 is 2.47 bits per heavy atom. The van der Waals surface area contributed by atoms with E-state index in [0.29, 0.717) is 11.2 Å². The second-order valence-corrected chi connectivity index (χ2v) is 7.54. The van der Waals surface area contributed by atoms with Crippen LogP contribution in [0.25, 0.3) is 0 Å². The Balaban J connectivity index is 2.28. The summed E-state index contributed by atoms with van der Waals surface area (Å²) in [7, 11) is -2.95. The van der Waals surface area contributed by atoms with E-state index in [2.05, 4.69) is 10.6 Å². The van der Waals surface area contributed by atoms with Gasteiger partial charge < -0.3 is 10.6 Å². The van der Waals surface area contributed by atoms with Gasteiger partial charge in [-0.25, -0.2) is 8.42 Å². The molecule has 1 unspecified atom stereocenters. The Bertz CT molecular complexity index is 348. The number of hydrogen-bond donors (Lipinski definition) is 2. The molecule has 0 amide bonds. The Hall–Kier alpha value is -0.360. The van der Waals surface area contributed by atoms with E-state index >= 15 is 0 Å². The van der Waals surface area contributed by atoms with Crippen molar-refractivity contribution in [2.24, 2.45) is 0 Å². The minimum Gasteiger partial charge on any atom is -0.360 e. The Morgan fingerprint density at radius 1 is 1.35 bits per heavy atom. The van der Waals surface area contributed by atoms with Crippen LogP contribution < -0.4 is 10.6 Å². The van der Waals surface area contributed by atoms with Crippen molar-refractivity contribution in [2.45, 2.75) is 51.1 Å². The fourth-order valence-corrected chi connectivity index (χ4v) is 3.55. The molecular formula is C11H22N2O2S2. The third-order valence-corrected chi connectivity index (χ3v) is 4.21. The van der Waals surface area contributed by atoms with Crippen LogP contribution in [0.5, 0.6) is 0 Å². The summed E-state index contributed by atoms with van der Waals surface area (Å²) in [5.41, 5.74) is 0. The van der Waals surface area contributed by atoms with Gasteiger partial charge in [0.25, 0.3) is 0 Å². The van der Waals surface area contributed by atoms with Gasteiger partial charge in [0.15, 0.2) is 5.11 Å². The molecule has 0 saturated heterocycles. The fourth-order valence-electron chi connectivity index (χ4n) is 2.19. The first-order chi connectivity index (χ1) is 7.87. The number of rotatable bonds is 4. The fraction of sp³-hybridized carbons (Fsp3) is 0.909. The first-order valence-electron chi connectivity index (χ1n) is 6.11. The summed E-state index contributed by atoms with van der Waals surface area (Å²) < 4.78 is 22.2. The summed E-state index contributed by atoms with van der Waals surface area (Å²) >= 11 is 5.18. The highest BCUT2D eigenvalue weighted by atomic mass is 32.2. The van der Waals surface area contributed by atoms with Crippen molar-refractivity contribution in [3.05, 3.63) is 0 Å². The highest BCUT2D eigenvalue weighted by molar-refractivity contribution is 7.90. The highest BCUT2D eigenvalue weighted by Crippen LogP contribution is 2.17. The second kappa shape index (κ2) is 6.54. The highest BCUT2D eigenvalue weighted by Gasteiger charge is 2.16. The lowest BCUT2D eigenvalue weighted by molar-refractivity contribution is 0.411. The van der Waals surface area contributed by atoms with Crippen molar-refractivity contribution >= 4 is 27.2 Å². The van der Waals surface area contributed by atoms with Crippen LogP contribution in [0.4, 0.5) is 0 Å². The molecule has 1 saturated carbocycles. The van der Waals surface area contributed by atoms with Crippen LogP contribution in [0.1, 0.15) is 39.0 Å². The average molecular weight is 278 g/mol. The van der Waals surface area contributed by atoms with Gasteiger partial charge in [0, 0.05) is 18.3 Å². The van der Waals surface area contributed by atoms with Crippen LogP contribution >= 0.6 is 12.2 Å². The van der Waals surface area contributed by atoms with E-state index in [4.69, 9.17) is 12.2 Å². The lowest BCUT2D eigenvalue weighted by atomic mass is 9.96. The molecular weight excluding hydrogens is 256 g/mol. The van der Waals surface area contributed by atoms with Gasteiger partial charge in [-0.3, -0.25) is 0 Å². The van der Waals surface area contributed by atoms with Gasteiger partial charge in [-0.1, -0.05) is 19.3 Å². The minimum absolute atomic E-state index is 0.111. The van der Waals surface area contributed by atoms with Gasteiger partial charge in [0.2, 0.25) is 0 Å². The first-order valence-corrected chi connectivity index (χ1v) is 8.58. The predicted molar refractivity (Wildman–Crippen MR) is 74.9 cm³/mol. The van der Waals surface area contributed by atoms with E-state index < -0.39 is 9.84 Å². The van der Waals surface area contributed by atoms with E-state index in [1.54, 1.807) is 0 Å². The van der Waals surface area contributed by atoms with E-state index in [0.717, 1.165) is 12.8 Å². The van der Waals surface area contributed by atoms with Crippen molar-refractivity contribution < 1.29 is 8.42 Å². The van der Waals surface area contributed by atoms with Gasteiger partial charge in [0.1, 0.15) is 9.84 Å². The molecule has 0 radical (unpaired) electrons. The lowest BCUT2D eigenvalue weighted by Gasteiger charge is -2.25. The molecule has 1 aliphatic rings. The van der Waals surface area contributed by atoms with Gasteiger partial charge in [0.05, 0.1) is 5.75 Å². The molecule has 0 aliphatic heterocycles. The summed E-state index contributed by atoms with van der Waals surface area (Å²) in [6.07, 6.45) is 7.36. The molecule has 1 aliphatic carbocycles. The Kier molecular flexibility index (Phi) is 5.66. The van der Waals surface area contributed by atoms with Crippen molar-refractivity contribution in [3.8, 4) is 0 Å². The van der Waals surface area contributed by atoms with Crippen LogP contribution in [0.2, 0.25) is 0 Å². The van der Waals surface area contributed by atoms with E-state index in [9.17, 15) is 8.42 Å². The summed E-state index contributed by atoms with van der Waals surface area (Å²) in [6.45, 7) is 1.83. The van der Waals surface area contributed by atoms with Crippen molar-refractivity contribution in [1.29, 1.82) is 0 Å². The predicted octanol–water partition coefficient (Wildman–Crippen LogP) is 1.22. The van der Waals surface area contributed by atoms with Crippen molar-refractivity contribution in [2.75, 3.05) is 12.0 Å². The molecule has 0 spiro atoms. The molecule has 4 nitrogen and oxygen atoms in total. The molecule has 0 aromatic heterocycles. The summed E-state index contributed by atoms with van der Waals surface area (Å²) in [6, 6.07) is 0.308. The Labute approximate surface area is 109 Å². The van der Waals surface area contributed by atoms with E-state index in [1.165, 1.54) is 25.5 Å². The number of hydrogen-bond acceptors (Lipinski definition) is 3. The summed E-state index contributed by atoms with van der Waals surface area (Å²) in [4.78, 5) is 0. The van der Waals surface area contributed by atoms with E-state index in [1.807, 2.05) is 6.92 Å². The molecule has 0 bridgehead atoms. The summed E-state index contributed by atoms with van der Waals surface area (Å²) in [5.74, 6) is 0.111. The van der Waals surface area contributed by atoms with Crippen LogP contribution in [0.15, 0.2) is 0 Å². The van der Waals surface area contributed by atoms with Gasteiger partial charge in [-0.05, 0) is 32.0 Å². The van der Waals surface area contributed by atoms with Gasteiger partial charge >= 0.3 is 0 Å². The molecule has 1 atom stereocenters. The number of thiocarbonyl (C=S) groups is 1. The standard InChI is InChI=1S/C11H22N2O2S2/c1-9(8-17(2,14)15)12-11(16)13-10-6-4-3-5-7-10/h9-10H,3-8H2,1-2H3,(H2,12,13,16). The van der Waals surface area contributed by atoms with Gasteiger partial charge in [-0.15, -0.1) is 0 Å². The minimum atomic E-state index is -2.95. The Morgan fingerprint density at radius 2 is 1.94 bits per heavy atom. The second-order valence-electron chi connectivity index (χ2n) is 4.95.